The van der Waals surface area contributed by atoms with Crippen molar-refractivity contribution in [2.75, 3.05) is 19.0 Å². The van der Waals surface area contributed by atoms with Gasteiger partial charge >= 0.3 is 18.1 Å². The summed E-state index contributed by atoms with van der Waals surface area (Å²) in [6, 6.07) is 24.1. The van der Waals surface area contributed by atoms with Crippen molar-refractivity contribution in [3.05, 3.63) is 149 Å². The van der Waals surface area contributed by atoms with Crippen LogP contribution in [0.25, 0.3) is 11.1 Å². The van der Waals surface area contributed by atoms with Crippen molar-refractivity contribution in [3.63, 3.8) is 0 Å². The highest BCUT2D eigenvalue weighted by Gasteiger charge is 2.34. The highest BCUT2D eigenvalue weighted by atomic mass is 19.4. The lowest BCUT2D eigenvalue weighted by Crippen LogP contribution is -2.35. The zero-order valence-corrected chi connectivity index (χ0v) is 27.7. The minimum atomic E-state index is -4.71. The number of methoxy groups -OCH3 is 1. The van der Waals surface area contributed by atoms with Crippen molar-refractivity contribution in [1.29, 1.82) is 0 Å². The van der Waals surface area contributed by atoms with E-state index < -0.39 is 60.1 Å². The Kier molecular flexibility index (Phi) is 11.5. The van der Waals surface area contributed by atoms with Crippen LogP contribution in [0.15, 0.2) is 109 Å². The molecule has 2 N–H and O–H groups in total. The van der Waals surface area contributed by atoms with Gasteiger partial charge in [-0.15, -0.1) is 0 Å². The Bertz CT molecular complexity index is 2140. The van der Waals surface area contributed by atoms with Crippen LogP contribution in [0.4, 0.5) is 27.6 Å². The Balaban J connectivity index is 1.20. The third-order valence-corrected chi connectivity index (χ3v) is 7.89. The smallest absolute Gasteiger partial charge is 0.416 e. The van der Waals surface area contributed by atoms with Gasteiger partial charge in [-0.25, -0.2) is 13.6 Å². The summed E-state index contributed by atoms with van der Waals surface area (Å²) >= 11 is 0. The standard InChI is InChI=1S/C39H29F5N2O7/c1-52-30-18-13-27(32(20-30)39(42,43)44)19-34(47)45-28-14-11-25(12-15-28)37(50)46(22-35(48)49)21-23-5-16-29(17-6-23)53-38(51)26-9-7-24(8-10-26)31-3-2-4-33(40)36(31)41/h2-18,20H,19,21-22H2,1H3,(H,45,47)(H,48,49). The molecule has 0 heterocycles. The van der Waals surface area contributed by atoms with E-state index in [1.807, 2.05) is 0 Å². The largest absolute Gasteiger partial charge is 0.497 e. The van der Waals surface area contributed by atoms with E-state index in [0.717, 1.165) is 23.1 Å². The number of aliphatic carboxylic acids is 1. The van der Waals surface area contributed by atoms with E-state index in [2.05, 4.69) is 5.32 Å². The molecule has 0 saturated carbocycles. The summed E-state index contributed by atoms with van der Waals surface area (Å²) in [5.74, 6) is -5.28. The fraction of sp³-hybridized carbons (Fsp3) is 0.128. The number of rotatable bonds is 12. The normalized spacial score (nSPS) is 11.1. The molecule has 0 atom stereocenters. The van der Waals surface area contributed by atoms with Crippen molar-refractivity contribution in [2.24, 2.45) is 0 Å². The zero-order chi connectivity index (χ0) is 38.3. The van der Waals surface area contributed by atoms with Crippen LogP contribution in [0.5, 0.6) is 11.5 Å². The summed E-state index contributed by atoms with van der Waals surface area (Å²) in [5.41, 5.74) is 0.0467. The Labute approximate surface area is 299 Å². The van der Waals surface area contributed by atoms with Gasteiger partial charge in [0.1, 0.15) is 18.0 Å². The molecule has 2 amide bonds. The van der Waals surface area contributed by atoms with Crippen LogP contribution in [-0.2, 0) is 28.7 Å². The number of carbonyl (C=O) groups is 4. The number of nitrogens with zero attached hydrogens (tertiary/aromatic N) is 1. The topological polar surface area (TPSA) is 122 Å². The van der Waals surface area contributed by atoms with E-state index in [1.54, 1.807) is 0 Å². The van der Waals surface area contributed by atoms with E-state index in [4.69, 9.17) is 9.47 Å². The lowest BCUT2D eigenvalue weighted by atomic mass is 10.0. The summed E-state index contributed by atoms with van der Waals surface area (Å²) < 4.78 is 78.6. The summed E-state index contributed by atoms with van der Waals surface area (Å²) in [6.45, 7) is -0.799. The van der Waals surface area contributed by atoms with E-state index in [1.165, 1.54) is 98.1 Å². The quantitative estimate of drug-likeness (QED) is 0.0763. The van der Waals surface area contributed by atoms with Crippen LogP contribution < -0.4 is 14.8 Å². The molecule has 0 unspecified atom stereocenters. The Hall–Kier alpha value is -6.57. The minimum Gasteiger partial charge on any atom is -0.497 e. The average Bonchev–Trinajstić information content (AvgIpc) is 3.13. The Morgan fingerprint density at radius 2 is 1.43 bits per heavy atom. The van der Waals surface area contributed by atoms with Gasteiger partial charge in [-0.1, -0.05) is 42.5 Å². The van der Waals surface area contributed by atoms with Crippen molar-refractivity contribution in [3.8, 4) is 22.6 Å². The number of carboxylic acid groups (broad SMARTS) is 1. The SMILES string of the molecule is COc1ccc(CC(=O)Nc2ccc(C(=O)N(CC(=O)O)Cc3ccc(OC(=O)c4ccc(-c5cccc(F)c5F)cc4)cc3)cc2)c(C(F)(F)F)c1. The number of esters is 1. The maximum Gasteiger partial charge on any atom is 0.416 e. The van der Waals surface area contributed by atoms with E-state index in [0.29, 0.717) is 11.1 Å². The highest BCUT2D eigenvalue weighted by molar-refractivity contribution is 5.97. The fourth-order valence-electron chi connectivity index (χ4n) is 5.28. The van der Waals surface area contributed by atoms with Crippen molar-refractivity contribution in [2.45, 2.75) is 19.1 Å². The minimum absolute atomic E-state index is 0.0129. The van der Waals surface area contributed by atoms with E-state index >= 15 is 0 Å². The summed E-state index contributed by atoms with van der Waals surface area (Å²) in [7, 11) is 1.23. The predicted molar refractivity (Wildman–Crippen MR) is 182 cm³/mol. The van der Waals surface area contributed by atoms with Crippen molar-refractivity contribution in [1.82, 2.24) is 4.90 Å². The molecule has 0 saturated heterocycles. The molecule has 5 aromatic rings. The maximum absolute atomic E-state index is 14.1. The number of carboxylic acids is 1. The molecule has 9 nitrogen and oxygen atoms in total. The lowest BCUT2D eigenvalue weighted by Gasteiger charge is -2.21. The molecule has 0 fully saturated rings. The second kappa shape index (κ2) is 16.2. The number of alkyl halides is 3. The number of benzene rings is 5. The van der Waals surface area contributed by atoms with Gasteiger partial charge in [0.05, 0.1) is 24.7 Å². The number of carbonyl (C=O) groups excluding carboxylic acids is 3. The zero-order valence-electron chi connectivity index (χ0n) is 27.7. The first-order valence-corrected chi connectivity index (χ1v) is 15.7. The first kappa shape index (κ1) is 37.7. The van der Waals surface area contributed by atoms with Gasteiger partial charge in [-0.2, -0.15) is 13.2 Å². The van der Waals surface area contributed by atoms with Gasteiger partial charge < -0.3 is 24.8 Å². The molecule has 14 heteroatoms. The first-order valence-electron chi connectivity index (χ1n) is 15.7. The number of ether oxygens (including phenoxy) is 2. The molecule has 0 aliphatic rings. The molecule has 272 valence electrons. The molecule has 5 aromatic carbocycles. The molecule has 0 bridgehead atoms. The number of nitrogens with one attached hydrogen (secondary N) is 1. The lowest BCUT2D eigenvalue weighted by molar-refractivity contribution is -0.139. The van der Waals surface area contributed by atoms with Gasteiger partial charge in [0.15, 0.2) is 11.6 Å². The third kappa shape index (κ3) is 9.61. The van der Waals surface area contributed by atoms with Gasteiger partial charge in [-0.05, 0) is 83.4 Å². The number of hydrogen-bond acceptors (Lipinski definition) is 6. The molecule has 53 heavy (non-hydrogen) atoms. The molecule has 0 spiro atoms. The number of halogens is 5. The van der Waals surface area contributed by atoms with Crippen LogP contribution in [0.2, 0.25) is 0 Å². The fourth-order valence-corrected chi connectivity index (χ4v) is 5.28. The van der Waals surface area contributed by atoms with Crippen molar-refractivity contribution >= 4 is 29.4 Å². The highest BCUT2D eigenvalue weighted by Crippen LogP contribution is 2.35. The van der Waals surface area contributed by atoms with Gasteiger partial charge in [0.25, 0.3) is 5.91 Å². The first-order chi connectivity index (χ1) is 25.2. The van der Waals surface area contributed by atoms with Gasteiger partial charge in [0, 0.05) is 23.4 Å². The summed E-state index contributed by atoms with van der Waals surface area (Å²) in [4.78, 5) is 51.3. The van der Waals surface area contributed by atoms with E-state index in [-0.39, 0.29) is 46.0 Å². The summed E-state index contributed by atoms with van der Waals surface area (Å²) in [5, 5.41) is 12.0. The second-order valence-corrected chi connectivity index (χ2v) is 11.6. The second-order valence-electron chi connectivity index (χ2n) is 11.6. The van der Waals surface area contributed by atoms with Crippen molar-refractivity contribution < 1.29 is 55.7 Å². The van der Waals surface area contributed by atoms with E-state index in [9.17, 15) is 46.2 Å². The van der Waals surface area contributed by atoms with Crippen LogP contribution in [0.1, 0.15) is 37.4 Å². The molecule has 0 aliphatic carbocycles. The Morgan fingerprint density at radius 3 is 2.06 bits per heavy atom. The van der Waals surface area contributed by atoms with Crippen LogP contribution >= 0.6 is 0 Å². The molecule has 0 radical (unpaired) electrons. The van der Waals surface area contributed by atoms with Gasteiger partial charge in [-0.3, -0.25) is 14.4 Å². The molecule has 5 rings (SSSR count). The van der Waals surface area contributed by atoms with Crippen LogP contribution in [0, 0.1) is 11.6 Å². The third-order valence-electron chi connectivity index (χ3n) is 7.89. The number of hydrogen-bond donors (Lipinski definition) is 2. The van der Waals surface area contributed by atoms with Crippen LogP contribution in [-0.4, -0.2) is 47.4 Å². The molecule has 0 aliphatic heterocycles. The molecular weight excluding hydrogens is 703 g/mol. The van der Waals surface area contributed by atoms with Gasteiger partial charge in [0.2, 0.25) is 5.91 Å². The Morgan fingerprint density at radius 1 is 0.792 bits per heavy atom. The monoisotopic (exact) mass is 732 g/mol. The number of amides is 2. The summed E-state index contributed by atoms with van der Waals surface area (Å²) in [6.07, 6.45) is -5.30. The molecule has 0 aromatic heterocycles. The molecular formula is C39H29F5N2O7. The average molecular weight is 733 g/mol. The number of anilines is 1. The van der Waals surface area contributed by atoms with Crippen LogP contribution in [0.3, 0.4) is 0 Å². The maximum atomic E-state index is 14.1. The predicted octanol–water partition coefficient (Wildman–Crippen LogP) is 7.79.